The summed E-state index contributed by atoms with van der Waals surface area (Å²) in [5, 5.41) is 12.0. The molecular formula is C10H19N3O3. The van der Waals surface area contributed by atoms with E-state index in [2.05, 4.69) is 5.32 Å². The average Bonchev–Trinajstić information content (AvgIpc) is 2.66. The summed E-state index contributed by atoms with van der Waals surface area (Å²) in [4.78, 5) is 22.3. The molecule has 92 valence electrons. The first kappa shape index (κ1) is 12.9. The monoisotopic (exact) mass is 229 g/mol. The van der Waals surface area contributed by atoms with E-state index >= 15 is 0 Å². The molecule has 1 fully saturated rings. The Morgan fingerprint density at radius 1 is 1.38 bits per heavy atom. The molecule has 0 bridgehead atoms. The van der Waals surface area contributed by atoms with E-state index in [-0.39, 0.29) is 13.0 Å². The molecule has 1 atom stereocenters. The van der Waals surface area contributed by atoms with Crippen LogP contribution in [-0.4, -0.2) is 35.1 Å². The summed E-state index contributed by atoms with van der Waals surface area (Å²) in [6.07, 6.45) is 3.28. The topological polar surface area (TPSA) is 118 Å². The van der Waals surface area contributed by atoms with Gasteiger partial charge < -0.3 is 21.9 Å². The van der Waals surface area contributed by atoms with E-state index in [9.17, 15) is 14.7 Å². The van der Waals surface area contributed by atoms with Crippen molar-refractivity contribution >= 4 is 11.8 Å². The number of nitrogens with one attached hydrogen (secondary N) is 1. The molecule has 0 aliphatic heterocycles. The van der Waals surface area contributed by atoms with Gasteiger partial charge in [0.1, 0.15) is 0 Å². The number of carbonyl (C=O) groups is 2. The summed E-state index contributed by atoms with van der Waals surface area (Å²) in [5.41, 5.74) is 9.92. The molecule has 6 N–H and O–H groups in total. The van der Waals surface area contributed by atoms with Crippen molar-refractivity contribution < 1.29 is 14.7 Å². The lowest BCUT2D eigenvalue weighted by atomic mass is 9.98. The average molecular weight is 229 g/mol. The standard InChI is InChI=1S/C10H19N3O3/c11-7(5-8(12)15)9(16)13-10(6-14)3-1-2-4-10/h7,14H,1-6,11H2,(H2,12,15)(H,13,16). The number of aliphatic hydroxyl groups excluding tert-OH is 1. The number of nitrogens with two attached hydrogens (primary N) is 2. The summed E-state index contributed by atoms with van der Waals surface area (Å²) in [5.74, 6) is -1.03. The lowest BCUT2D eigenvalue weighted by Crippen LogP contribution is -2.55. The van der Waals surface area contributed by atoms with Crippen molar-refractivity contribution in [2.75, 3.05) is 6.61 Å². The molecule has 1 aliphatic carbocycles. The number of primary amides is 1. The molecule has 1 aliphatic rings. The van der Waals surface area contributed by atoms with Gasteiger partial charge >= 0.3 is 0 Å². The van der Waals surface area contributed by atoms with E-state index in [0.29, 0.717) is 0 Å². The quantitative estimate of drug-likeness (QED) is 0.464. The van der Waals surface area contributed by atoms with Crippen molar-refractivity contribution in [3.63, 3.8) is 0 Å². The van der Waals surface area contributed by atoms with Gasteiger partial charge in [0.25, 0.3) is 0 Å². The van der Waals surface area contributed by atoms with Gasteiger partial charge in [0.2, 0.25) is 11.8 Å². The Hall–Kier alpha value is -1.14. The van der Waals surface area contributed by atoms with Gasteiger partial charge in [-0.3, -0.25) is 9.59 Å². The molecule has 6 nitrogen and oxygen atoms in total. The van der Waals surface area contributed by atoms with Crippen LogP contribution in [0.1, 0.15) is 32.1 Å². The summed E-state index contributed by atoms with van der Waals surface area (Å²) < 4.78 is 0. The lowest BCUT2D eigenvalue weighted by Gasteiger charge is -2.29. The Kier molecular flexibility index (Phi) is 4.26. The molecule has 2 amide bonds. The molecule has 1 saturated carbocycles. The van der Waals surface area contributed by atoms with E-state index < -0.39 is 23.4 Å². The molecular weight excluding hydrogens is 210 g/mol. The molecule has 0 aromatic rings. The number of hydrogen-bond donors (Lipinski definition) is 4. The molecule has 0 radical (unpaired) electrons. The van der Waals surface area contributed by atoms with E-state index in [1.54, 1.807) is 0 Å². The minimum absolute atomic E-state index is 0.0952. The molecule has 1 unspecified atom stereocenters. The zero-order chi connectivity index (χ0) is 12.2. The molecule has 0 saturated heterocycles. The third-order valence-corrected chi connectivity index (χ3v) is 3.01. The van der Waals surface area contributed by atoms with Gasteiger partial charge in [-0.15, -0.1) is 0 Å². The first-order valence-electron chi connectivity index (χ1n) is 5.46. The number of hydrogen-bond acceptors (Lipinski definition) is 4. The highest BCUT2D eigenvalue weighted by atomic mass is 16.3. The van der Waals surface area contributed by atoms with E-state index in [4.69, 9.17) is 11.5 Å². The van der Waals surface area contributed by atoms with Crippen LogP contribution < -0.4 is 16.8 Å². The van der Waals surface area contributed by atoms with Gasteiger partial charge in [0.15, 0.2) is 0 Å². The largest absolute Gasteiger partial charge is 0.394 e. The molecule has 6 heteroatoms. The molecule has 0 spiro atoms. The smallest absolute Gasteiger partial charge is 0.237 e. The highest BCUT2D eigenvalue weighted by Crippen LogP contribution is 2.29. The Labute approximate surface area is 94.4 Å². The van der Waals surface area contributed by atoms with Crippen LogP contribution in [0.3, 0.4) is 0 Å². The second kappa shape index (κ2) is 5.27. The van der Waals surface area contributed by atoms with Gasteiger partial charge in [-0.25, -0.2) is 0 Å². The number of carbonyl (C=O) groups excluding carboxylic acids is 2. The second-order valence-electron chi connectivity index (χ2n) is 4.41. The van der Waals surface area contributed by atoms with Crippen LogP contribution in [0.25, 0.3) is 0 Å². The fourth-order valence-electron chi connectivity index (χ4n) is 2.04. The minimum atomic E-state index is -0.929. The highest BCUT2D eigenvalue weighted by molar-refractivity contribution is 5.87. The van der Waals surface area contributed by atoms with E-state index in [1.165, 1.54) is 0 Å². The van der Waals surface area contributed by atoms with Crippen LogP contribution in [0.4, 0.5) is 0 Å². The maximum Gasteiger partial charge on any atom is 0.237 e. The highest BCUT2D eigenvalue weighted by Gasteiger charge is 2.35. The lowest BCUT2D eigenvalue weighted by molar-refractivity contribution is -0.128. The molecule has 0 aromatic heterocycles. The third-order valence-electron chi connectivity index (χ3n) is 3.01. The number of amides is 2. The van der Waals surface area contributed by atoms with Crippen molar-refractivity contribution in [1.82, 2.24) is 5.32 Å². The van der Waals surface area contributed by atoms with Crippen molar-refractivity contribution in [1.29, 1.82) is 0 Å². The summed E-state index contributed by atoms with van der Waals surface area (Å²) in [6, 6.07) is -0.929. The maximum atomic E-state index is 11.6. The predicted molar refractivity (Wildman–Crippen MR) is 58.2 cm³/mol. The predicted octanol–water partition coefficient (Wildman–Crippen LogP) is -1.39. The zero-order valence-corrected chi connectivity index (χ0v) is 9.24. The second-order valence-corrected chi connectivity index (χ2v) is 4.41. The first-order chi connectivity index (χ1) is 7.49. The Morgan fingerprint density at radius 2 is 1.94 bits per heavy atom. The van der Waals surface area contributed by atoms with Crippen LogP contribution in [0.2, 0.25) is 0 Å². The van der Waals surface area contributed by atoms with Crippen molar-refractivity contribution in [2.45, 2.75) is 43.7 Å². The van der Waals surface area contributed by atoms with Crippen LogP contribution >= 0.6 is 0 Å². The number of rotatable bonds is 5. The molecule has 1 rings (SSSR count). The minimum Gasteiger partial charge on any atom is -0.394 e. The Balaban J connectivity index is 2.51. The van der Waals surface area contributed by atoms with Crippen LogP contribution in [-0.2, 0) is 9.59 Å². The van der Waals surface area contributed by atoms with Crippen LogP contribution in [0, 0.1) is 0 Å². The first-order valence-corrected chi connectivity index (χ1v) is 5.46. The number of aliphatic hydroxyl groups is 1. The summed E-state index contributed by atoms with van der Waals surface area (Å²) in [7, 11) is 0. The van der Waals surface area contributed by atoms with Gasteiger partial charge in [-0.1, -0.05) is 12.8 Å². The van der Waals surface area contributed by atoms with Gasteiger partial charge in [-0.05, 0) is 12.8 Å². The Bertz CT molecular complexity index is 274. The van der Waals surface area contributed by atoms with Crippen LogP contribution in [0.15, 0.2) is 0 Å². The van der Waals surface area contributed by atoms with Crippen molar-refractivity contribution in [3.05, 3.63) is 0 Å². The van der Waals surface area contributed by atoms with Crippen molar-refractivity contribution in [3.8, 4) is 0 Å². The van der Waals surface area contributed by atoms with E-state index in [0.717, 1.165) is 25.7 Å². The molecule has 0 heterocycles. The van der Waals surface area contributed by atoms with Crippen molar-refractivity contribution in [2.24, 2.45) is 11.5 Å². The normalized spacial score (nSPS) is 20.4. The van der Waals surface area contributed by atoms with Gasteiger partial charge in [0.05, 0.1) is 24.6 Å². The van der Waals surface area contributed by atoms with Crippen LogP contribution in [0.5, 0.6) is 0 Å². The fraction of sp³-hybridized carbons (Fsp3) is 0.800. The SMILES string of the molecule is NC(=O)CC(N)C(=O)NC1(CO)CCCC1. The maximum absolute atomic E-state index is 11.6. The Morgan fingerprint density at radius 3 is 2.38 bits per heavy atom. The summed E-state index contributed by atoms with van der Waals surface area (Å²) >= 11 is 0. The zero-order valence-electron chi connectivity index (χ0n) is 9.24. The van der Waals surface area contributed by atoms with Gasteiger partial charge in [0, 0.05) is 0 Å². The van der Waals surface area contributed by atoms with E-state index in [1.807, 2.05) is 0 Å². The third kappa shape index (κ3) is 3.18. The molecule has 0 aromatic carbocycles. The van der Waals surface area contributed by atoms with Gasteiger partial charge in [-0.2, -0.15) is 0 Å². The summed E-state index contributed by atoms with van der Waals surface area (Å²) in [6.45, 7) is -0.0952. The molecule has 16 heavy (non-hydrogen) atoms. The fourth-order valence-corrected chi connectivity index (χ4v) is 2.04.